The molecule has 0 aliphatic heterocycles. The van der Waals surface area contributed by atoms with Crippen LogP contribution >= 0.6 is 0 Å². The first kappa shape index (κ1) is 40.9. The highest BCUT2D eigenvalue weighted by Gasteiger charge is 2.51. The number of fused-ring (bicyclic) bond motifs is 16. The molecule has 3 aliphatic rings. The highest BCUT2D eigenvalue weighted by atomic mass is 15.1. The highest BCUT2D eigenvalue weighted by molar-refractivity contribution is 6.11. The first-order valence-corrected chi connectivity index (χ1v) is 25.3. The first-order valence-electron chi connectivity index (χ1n) is 25.3. The summed E-state index contributed by atoms with van der Waals surface area (Å²) < 4.78 is 2.47. The number of hydrogen-bond donors (Lipinski definition) is 0. The van der Waals surface area contributed by atoms with Gasteiger partial charge in [0.25, 0.3) is 0 Å². The summed E-state index contributed by atoms with van der Waals surface area (Å²) in [7, 11) is 0. The second kappa shape index (κ2) is 15.3. The summed E-state index contributed by atoms with van der Waals surface area (Å²) in [5, 5.41) is 2.48. The molecule has 0 N–H and O–H groups in total. The summed E-state index contributed by atoms with van der Waals surface area (Å²) in [5.74, 6) is 0. The van der Waals surface area contributed by atoms with Crippen LogP contribution < -0.4 is 4.90 Å². The second-order valence-corrected chi connectivity index (χ2v) is 20.4. The third-order valence-electron chi connectivity index (χ3n) is 16.4. The molecule has 1 spiro atoms. The Kier molecular flexibility index (Phi) is 8.66. The Labute approximate surface area is 420 Å². The Morgan fingerprint density at radius 3 is 1.58 bits per heavy atom. The molecule has 0 unspecified atom stereocenters. The topological polar surface area (TPSA) is 8.17 Å². The van der Waals surface area contributed by atoms with Gasteiger partial charge in [0.2, 0.25) is 0 Å². The molecule has 12 aromatic rings. The minimum Gasteiger partial charge on any atom is -0.310 e. The number of nitrogens with zero attached hydrogens (tertiary/aromatic N) is 2. The zero-order chi connectivity index (χ0) is 47.7. The van der Waals surface area contributed by atoms with Crippen molar-refractivity contribution in [1.82, 2.24) is 4.57 Å². The molecule has 0 radical (unpaired) electrons. The normalized spacial score (nSPS) is 13.9. The van der Waals surface area contributed by atoms with E-state index in [0.717, 1.165) is 22.7 Å². The molecule has 1 heterocycles. The van der Waals surface area contributed by atoms with Crippen LogP contribution in [-0.4, -0.2) is 4.57 Å². The van der Waals surface area contributed by atoms with Crippen molar-refractivity contribution in [3.63, 3.8) is 0 Å². The molecule has 1 aromatic heterocycles. The standard InChI is InChI=1S/C70H48N2/c1-69(2)60-29-12-6-24-52(60)56-38-36-50(44-65(56)69)71(48-21-4-3-5-22-48)66-33-16-10-23-51(66)47-20-18-19-45(41-47)46-35-40-68-59(42-46)57-28-11-17-34-67(57)72(68)49-37-39-64-58(43-49)55-27-9-15-32-63(55)70(64)61-30-13-7-25-53(61)54-26-8-14-31-62(54)70/h3-44H,1-2H3. The maximum absolute atomic E-state index is 2.47. The molecule has 0 amide bonds. The second-order valence-electron chi connectivity index (χ2n) is 20.4. The predicted octanol–water partition coefficient (Wildman–Crippen LogP) is 18.2. The number of aromatic nitrogens is 1. The Hall–Kier alpha value is -8.98. The minimum atomic E-state index is -0.367. The van der Waals surface area contributed by atoms with Crippen LogP contribution in [0.3, 0.4) is 0 Å². The lowest BCUT2D eigenvalue weighted by atomic mass is 9.70. The van der Waals surface area contributed by atoms with Crippen molar-refractivity contribution in [3.8, 4) is 61.3 Å². The van der Waals surface area contributed by atoms with Crippen molar-refractivity contribution < 1.29 is 0 Å². The fourth-order valence-electron chi connectivity index (χ4n) is 13.3. The molecule has 3 aliphatic carbocycles. The van der Waals surface area contributed by atoms with Gasteiger partial charge in [-0.15, -0.1) is 0 Å². The molecule has 0 saturated carbocycles. The van der Waals surface area contributed by atoms with E-state index >= 15 is 0 Å². The van der Waals surface area contributed by atoms with Crippen LogP contribution in [-0.2, 0) is 10.8 Å². The van der Waals surface area contributed by atoms with Crippen molar-refractivity contribution >= 4 is 38.9 Å². The van der Waals surface area contributed by atoms with Crippen LogP contribution in [0.1, 0.15) is 47.2 Å². The Morgan fingerprint density at radius 1 is 0.306 bits per heavy atom. The van der Waals surface area contributed by atoms with E-state index in [2.05, 4.69) is 278 Å². The largest absolute Gasteiger partial charge is 0.310 e. The summed E-state index contributed by atoms with van der Waals surface area (Å²) in [5.41, 5.74) is 27.3. The Bertz CT molecular complexity index is 4160. The van der Waals surface area contributed by atoms with Crippen molar-refractivity contribution in [3.05, 3.63) is 288 Å². The van der Waals surface area contributed by atoms with E-state index in [1.165, 1.54) is 111 Å². The van der Waals surface area contributed by atoms with Gasteiger partial charge in [0.15, 0.2) is 0 Å². The molecule has 0 fully saturated rings. The van der Waals surface area contributed by atoms with Gasteiger partial charge in [-0.1, -0.05) is 202 Å². The molecule has 2 heteroatoms. The smallest absolute Gasteiger partial charge is 0.0725 e. The molecule has 338 valence electrons. The molecular weight excluding hydrogens is 869 g/mol. The molecule has 11 aromatic carbocycles. The van der Waals surface area contributed by atoms with Crippen LogP contribution in [0, 0.1) is 0 Å². The van der Waals surface area contributed by atoms with Crippen LogP contribution in [0.5, 0.6) is 0 Å². The van der Waals surface area contributed by atoms with Crippen LogP contribution in [0.15, 0.2) is 255 Å². The summed E-state index contributed by atoms with van der Waals surface area (Å²) >= 11 is 0. The van der Waals surface area contributed by atoms with Gasteiger partial charge in [-0.2, -0.15) is 0 Å². The van der Waals surface area contributed by atoms with Gasteiger partial charge in [-0.3, -0.25) is 0 Å². The maximum atomic E-state index is 2.47. The van der Waals surface area contributed by atoms with E-state index in [0.29, 0.717) is 0 Å². The van der Waals surface area contributed by atoms with Gasteiger partial charge < -0.3 is 9.47 Å². The first-order chi connectivity index (χ1) is 35.5. The van der Waals surface area contributed by atoms with Gasteiger partial charge >= 0.3 is 0 Å². The fourth-order valence-corrected chi connectivity index (χ4v) is 13.3. The molecular formula is C70H48N2. The molecule has 15 rings (SSSR count). The van der Waals surface area contributed by atoms with Crippen molar-refractivity contribution in [2.45, 2.75) is 24.7 Å². The third kappa shape index (κ3) is 5.61. The van der Waals surface area contributed by atoms with E-state index in [1.54, 1.807) is 0 Å². The van der Waals surface area contributed by atoms with Crippen LogP contribution in [0.4, 0.5) is 17.1 Å². The summed E-state index contributed by atoms with van der Waals surface area (Å²) in [6.45, 7) is 4.72. The van der Waals surface area contributed by atoms with Crippen molar-refractivity contribution in [2.24, 2.45) is 0 Å². The monoisotopic (exact) mass is 916 g/mol. The number of benzene rings is 11. The average Bonchev–Trinajstić information content (AvgIpc) is 4.11. The summed E-state index contributed by atoms with van der Waals surface area (Å²) in [6.07, 6.45) is 0. The lowest BCUT2D eigenvalue weighted by Gasteiger charge is -2.30. The fraction of sp³-hybridized carbons (Fsp3) is 0.0571. The van der Waals surface area contributed by atoms with Gasteiger partial charge in [0.05, 0.1) is 22.1 Å². The lowest BCUT2D eigenvalue weighted by molar-refractivity contribution is 0.660. The number of anilines is 3. The summed E-state index contributed by atoms with van der Waals surface area (Å²) in [6, 6.07) is 95.1. The number of hydrogen-bond acceptors (Lipinski definition) is 1. The van der Waals surface area contributed by atoms with Gasteiger partial charge in [0, 0.05) is 38.8 Å². The van der Waals surface area contributed by atoms with Gasteiger partial charge in [0.1, 0.15) is 0 Å². The van der Waals surface area contributed by atoms with E-state index in [1.807, 2.05) is 0 Å². The van der Waals surface area contributed by atoms with E-state index in [-0.39, 0.29) is 10.8 Å². The third-order valence-corrected chi connectivity index (χ3v) is 16.4. The van der Waals surface area contributed by atoms with Crippen LogP contribution in [0.25, 0.3) is 83.1 Å². The Balaban J connectivity index is 0.844. The zero-order valence-electron chi connectivity index (χ0n) is 40.1. The van der Waals surface area contributed by atoms with Gasteiger partial charge in [-0.05, 0) is 150 Å². The maximum Gasteiger partial charge on any atom is 0.0725 e. The quantitative estimate of drug-likeness (QED) is 0.161. The number of para-hydroxylation sites is 3. The zero-order valence-corrected chi connectivity index (χ0v) is 40.1. The molecule has 72 heavy (non-hydrogen) atoms. The molecule has 0 saturated heterocycles. The summed E-state index contributed by atoms with van der Waals surface area (Å²) in [4.78, 5) is 2.44. The molecule has 0 atom stereocenters. The van der Waals surface area contributed by atoms with E-state index < -0.39 is 0 Å². The number of rotatable bonds is 6. The van der Waals surface area contributed by atoms with Crippen molar-refractivity contribution in [2.75, 3.05) is 4.90 Å². The molecule has 2 nitrogen and oxygen atoms in total. The predicted molar refractivity (Wildman–Crippen MR) is 300 cm³/mol. The van der Waals surface area contributed by atoms with Crippen LogP contribution in [0.2, 0.25) is 0 Å². The van der Waals surface area contributed by atoms with E-state index in [9.17, 15) is 0 Å². The van der Waals surface area contributed by atoms with E-state index in [4.69, 9.17) is 0 Å². The average molecular weight is 917 g/mol. The lowest BCUT2D eigenvalue weighted by Crippen LogP contribution is -2.25. The Morgan fingerprint density at radius 2 is 0.847 bits per heavy atom. The van der Waals surface area contributed by atoms with Crippen molar-refractivity contribution in [1.29, 1.82) is 0 Å². The SMILES string of the molecule is CC1(C)c2ccccc2-c2ccc(N(c3ccccc3)c3ccccc3-c3cccc(-c4ccc5c(c4)c4ccccc4n5-c4ccc5c(c4)-c4ccccc4C54c5ccccc5-c5ccccc54)c3)cc21. The van der Waals surface area contributed by atoms with Gasteiger partial charge in [-0.25, -0.2) is 0 Å². The minimum absolute atomic E-state index is 0.113. The molecule has 0 bridgehead atoms. The highest BCUT2D eigenvalue weighted by Crippen LogP contribution is 2.63.